The van der Waals surface area contributed by atoms with Crippen LogP contribution in [0.4, 0.5) is 11.4 Å². The van der Waals surface area contributed by atoms with Crippen molar-refractivity contribution >= 4 is 17.3 Å². The zero-order chi connectivity index (χ0) is 13.8. The summed E-state index contributed by atoms with van der Waals surface area (Å²) in [6.07, 6.45) is 0. The number of nitrogens with two attached hydrogens (primary N) is 1. The van der Waals surface area contributed by atoms with Crippen molar-refractivity contribution in [1.82, 2.24) is 10.1 Å². The van der Waals surface area contributed by atoms with Crippen molar-refractivity contribution < 1.29 is 14.1 Å². The van der Waals surface area contributed by atoms with E-state index in [1.165, 1.54) is 7.11 Å². The molecule has 1 aromatic carbocycles. The highest BCUT2D eigenvalue weighted by molar-refractivity contribution is 5.98. The molecule has 0 spiro atoms. The molecule has 7 heteroatoms. The maximum atomic E-state index is 11.5. The molecule has 0 aliphatic carbocycles. The summed E-state index contributed by atoms with van der Waals surface area (Å²) < 4.78 is 9.51. The van der Waals surface area contributed by atoms with E-state index in [2.05, 4.69) is 20.2 Å². The number of benzene rings is 1. The second kappa shape index (κ2) is 5.38. The molecular weight excluding hydrogens is 248 g/mol. The molecule has 7 nitrogen and oxygen atoms in total. The van der Waals surface area contributed by atoms with Gasteiger partial charge in [0.25, 0.3) is 0 Å². The zero-order valence-corrected chi connectivity index (χ0v) is 10.6. The van der Waals surface area contributed by atoms with Gasteiger partial charge in [-0.05, 0) is 12.1 Å². The summed E-state index contributed by atoms with van der Waals surface area (Å²) in [6.45, 7) is 2.06. The Balaban J connectivity index is 2.14. The van der Waals surface area contributed by atoms with E-state index >= 15 is 0 Å². The predicted octanol–water partition coefficient (Wildman–Crippen LogP) is 1.36. The first kappa shape index (κ1) is 12.9. The van der Waals surface area contributed by atoms with Crippen LogP contribution in [-0.4, -0.2) is 23.2 Å². The largest absolute Gasteiger partial charge is 0.465 e. The Morgan fingerprint density at radius 1 is 1.53 bits per heavy atom. The number of nitrogens with one attached hydrogen (secondary N) is 1. The minimum atomic E-state index is -0.475. The number of aromatic nitrogens is 2. The lowest BCUT2D eigenvalue weighted by molar-refractivity contribution is 0.0602. The molecule has 2 aromatic rings. The van der Waals surface area contributed by atoms with Gasteiger partial charge in [-0.3, -0.25) is 0 Å². The van der Waals surface area contributed by atoms with E-state index in [1.807, 2.05) is 0 Å². The van der Waals surface area contributed by atoms with Gasteiger partial charge in [0.1, 0.15) is 0 Å². The van der Waals surface area contributed by atoms with Gasteiger partial charge in [0, 0.05) is 6.92 Å². The molecule has 0 saturated carbocycles. The van der Waals surface area contributed by atoms with Gasteiger partial charge in [0.15, 0.2) is 5.82 Å². The molecule has 0 aliphatic rings. The lowest BCUT2D eigenvalue weighted by Gasteiger charge is -2.10. The van der Waals surface area contributed by atoms with E-state index in [-0.39, 0.29) is 0 Å². The van der Waals surface area contributed by atoms with Crippen molar-refractivity contribution in [2.75, 3.05) is 18.2 Å². The standard InChI is InChI=1S/C12H14N4O3/c1-7-15-10(16-19-7)6-14-9-5-3-4-8(11(9)13)12(17)18-2/h3-5,14H,6,13H2,1-2H3. The number of esters is 1. The molecule has 2 rings (SSSR count). The summed E-state index contributed by atoms with van der Waals surface area (Å²) >= 11 is 0. The number of anilines is 2. The minimum absolute atomic E-state index is 0.316. The van der Waals surface area contributed by atoms with E-state index in [0.29, 0.717) is 35.2 Å². The highest BCUT2D eigenvalue weighted by atomic mass is 16.5. The van der Waals surface area contributed by atoms with E-state index < -0.39 is 5.97 Å². The molecular formula is C12H14N4O3. The molecule has 1 heterocycles. The number of nitrogen functional groups attached to an aromatic ring is 1. The molecule has 0 aliphatic heterocycles. The third-order valence-electron chi connectivity index (χ3n) is 2.52. The first-order valence-corrected chi connectivity index (χ1v) is 5.61. The second-order valence-corrected chi connectivity index (χ2v) is 3.84. The SMILES string of the molecule is COC(=O)c1cccc(NCc2noc(C)n2)c1N. The summed E-state index contributed by atoms with van der Waals surface area (Å²) in [4.78, 5) is 15.6. The number of ether oxygens (including phenoxy) is 1. The maximum Gasteiger partial charge on any atom is 0.340 e. The highest BCUT2D eigenvalue weighted by Crippen LogP contribution is 2.23. The monoisotopic (exact) mass is 262 g/mol. The van der Waals surface area contributed by atoms with Crippen LogP contribution in [0, 0.1) is 6.92 Å². The molecule has 100 valence electrons. The van der Waals surface area contributed by atoms with Gasteiger partial charge in [0.05, 0.1) is 30.6 Å². The third-order valence-corrected chi connectivity index (χ3v) is 2.52. The summed E-state index contributed by atoms with van der Waals surface area (Å²) in [5, 5.41) is 6.80. The molecule has 3 N–H and O–H groups in total. The van der Waals surface area contributed by atoms with Crippen LogP contribution in [0.15, 0.2) is 22.7 Å². The van der Waals surface area contributed by atoms with Crippen molar-refractivity contribution in [3.63, 3.8) is 0 Å². The van der Waals surface area contributed by atoms with Crippen LogP contribution in [0.5, 0.6) is 0 Å². The maximum absolute atomic E-state index is 11.5. The Morgan fingerprint density at radius 2 is 2.32 bits per heavy atom. The topological polar surface area (TPSA) is 103 Å². The number of hydrogen-bond donors (Lipinski definition) is 2. The summed E-state index contributed by atoms with van der Waals surface area (Å²) in [7, 11) is 1.31. The Labute approximate surface area is 109 Å². The van der Waals surface area contributed by atoms with Crippen molar-refractivity contribution in [2.45, 2.75) is 13.5 Å². The van der Waals surface area contributed by atoms with Gasteiger partial charge in [-0.2, -0.15) is 4.98 Å². The number of aryl methyl sites for hydroxylation is 1. The molecule has 19 heavy (non-hydrogen) atoms. The first-order chi connectivity index (χ1) is 9.11. The van der Waals surface area contributed by atoms with Crippen molar-refractivity contribution in [3.05, 3.63) is 35.5 Å². The molecule has 0 bridgehead atoms. The Bertz CT molecular complexity index is 594. The lowest BCUT2D eigenvalue weighted by Crippen LogP contribution is -2.09. The normalized spacial score (nSPS) is 10.2. The van der Waals surface area contributed by atoms with Gasteiger partial charge >= 0.3 is 5.97 Å². The van der Waals surface area contributed by atoms with Crippen molar-refractivity contribution in [3.8, 4) is 0 Å². The number of nitrogens with zero attached hydrogens (tertiary/aromatic N) is 2. The van der Waals surface area contributed by atoms with Gasteiger partial charge < -0.3 is 20.3 Å². The van der Waals surface area contributed by atoms with E-state index in [0.717, 1.165) is 0 Å². The Hall–Kier alpha value is -2.57. The third kappa shape index (κ3) is 2.82. The van der Waals surface area contributed by atoms with E-state index in [9.17, 15) is 4.79 Å². The number of rotatable bonds is 4. The second-order valence-electron chi connectivity index (χ2n) is 3.84. The van der Waals surface area contributed by atoms with Crippen LogP contribution in [-0.2, 0) is 11.3 Å². The van der Waals surface area contributed by atoms with Crippen LogP contribution in [0.2, 0.25) is 0 Å². The lowest BCUT2D eigenvalue weighted by atomic mass is 10.1. The Kier molecular flexibility index (Phi) is 3.65. The number of para-hydroxylation sites is 1. The van der Waals surface area contributed by atoms with Gasteiger partial charge in [-0.25, -0.2) is 4.79 Å². The van der Waals surface area contributed by atoms with Crippen LogP contribution >= 0.6 is 0 Å². The van der Waals surface area contributed by atoms with Crippen molar-refractivity contribution in [2.24, 2.45) is 0 Å². The summed E-state index contributed by atoms with van der Waals surface area (Å²) in [6, 6.07) is 5.08. The molecule has 0 atom stereocenters. The van der Waals surface area contributed by atoms with Gasteiger partial charge in [-0.1, -0.05) is 11.2 Å². The van der Waals surface area contributed by atoms with Crippen LogP contribution in [0.1, 0.15) is 22.1 Å². The number of hydrogen-bond acceptors (Lipinski definition) is 7. The smallest absolute Gasteiger partial charge is 0.340 e. The molecule has 0 saturated heterocycles. The molecule has 0 radical (unpaired) electrons. The average molecular weight is 262 g/mol. The zero-order valence-electron chi connectivity index (χ0n) is 10.6. The Morgan fingerprint density at radius 3 is 2.95 bits per heavy atom. The van der Waals surface area contributed by atoms with Crippen LogP contribution < -0.4 is 11.1 Å². The fourth-order valence-corrected chi connectivity index (χ4v) is 1.59. The van der Waals surface area contributed by atoms with E-state index in [4.69, 9.17) is 10.3 Å². The summed E-state index contributed by atoms with van der Waals surface area (Å²) in [5.41, 5.74) is 7.16. The van der Waals surface area contributed by atoms with Crippen LogP contribution in [0.25, 0.3) is 0 Å². The molecule has 1 aromatic heterocycles. The highest BCUT2D eigenvalue weighted by Gasteiger charge is 2.13. The quantitative estimate of drug-likeness (QED) is 0.633. The molecule has 0 amide bonds. The van der Waals surface area contributed by atoms with Crippen LogP contribution in [0.3, 0.4) is 0 Å². The number of methoxy groups -OCH3 is 1. The minimum Gasteiger partial charge on any atom is -0.465 e. The number of carbonyl (C=O) groups excluding carboxylic acids is 1. The fourth-order valence-electron chi connectivity index (χ4n) is 1.59. The average Bonchev–Trinajstić information content (AvgIpc) is 2.82. The van der Waals surface area contributed by atoms with Gasteiger partial charge in [-0.15, -0.1) is 0 Å². The first-order valence-electron chi connectivity index (χ1n) is 5.61. The predicted molar refractivity (Wildman–Crippen MR) is 68.6 cm³/mol. The van der Waals surface area contributed by atoms with E-state index in [1.54, 1.807) is 25.1 Å². The molecule has 0 unspecified atom stereocenters. The fraction of sp³-hybridized carbons (Fsp3) is 0.250. The number of carbonyl (C=O) groups is 1. The summed E-state index contributed by atoms with van der Waals surface area (Å²) in [5.74, 6) is 0.532. The van der Waals surface area contributed by atoms with Crippen molar-refractivity contribution in [1.29, 1.82) is 0 Å². The molecule has 0 fully saturated rings. The van der Waals surface area contributed by atoms with Gasteiger partial charge in [0.2, 0.25) is 5.89 Å².